The van der Waals surface area contributed by atoms with E-state index in [1.807, 2.05) is 18.7 Å². The van der Waals surface area contributed by atoms with Crippen LogP contribution in [0.2, 0.25) is 0 Å². The Labute approximate surface area is 130 Å². The molecule has 0 amide bonds. The molecule has 0 radical (unpaired) electrons. The normalized spacial score (nSPS) is 10.2. The second kappa shape index (κ2) is 7.59. The van der Waals surface area contributed by atoms with Crippen LogP contribution in [-0.4, -0.2) is 36.2 Å². The lowest BCUT2D eigenvalue weighted by molar-refractivity contribution is 0.0601. The third-order valence-corrected chi connectivity index (χ3v) is 4.65. The van der Waals surface area contributed by atoms with E-state index in [2.05, 4.69) is 19.2 Å². The number of ether oxygens (including phenoxy) is 1. The number of methoxy groups -OCH3 is 1. The van der Waals surface area contributed by atoms with Crippen LogP contribution in [0.25, 0.3) is 0 Å². The average molecular weight is 314 g/mol. The number of nitrogens with one attached hydrogen (secondary N) is 1. The van der Waals surface area contributed by atoms with Gasteiger partial charge >= 0.3 is 5.97 Å². The summed E-state index contributed by atoms with van der Waals surface area (Å²) < 4.78 is 4.90. The molecule has 6 heteroatoms. The zero-order valence-electron chi connectivity index (χ0n) is 12.7. The Morgan fingerprint density at radius 2 is 1.95 bits per heavy atom. The minimum atomic E-state index is -0.309. The number of carbonyl (C=O) groups excluding carboxylic acids is 1. The molecular formula is C14H22N2O2S2. The van der Waals surface area contributed by atoms with Crippen LogP contribution in [0.15, 0.2) is 0 Å². The molecule has 0 aliphatic carbocycles. The van der Waals surface area contributed by atoms with Gasteiger partial charge in [-0.15, -0.1) is 11.3 Å². The highest BCUT2D eigenvalue weighted by atomic mass is 32.1. The molecule has 4 nitrogen and oxygen atoms in total. The molecule has 0 saturated carbocycles. The average Bonchev–Trinajstić information content (AvgIpc) is 2.74. The molecule has 1 heterocycles. The summed E-state index contributed by atoms with van der Waals surface area (Å²) in [4.78, 5) is 15.2. The van der Waals surface area contributed by atoms with Gasteiger partial charge in [0.2, 0.25) is 0 Å². The summed E-state index contributed by atoms with van der Waals surface area (Å²) in [5, 5.41) is 4.62. The van der Waals surface area contributed by atoms with Crippen molar-refractivity contribution in [2.45, 2.75) is 34.1 Å². The minimum Gasteiger partial charge on any atom is -0.465 e. The monoisotopic (exact) mass is 314 g/mol. The van der Waals surface area contributed by atoms with Crippen LogP contribution in [0, 0.1) is 6.92 Å². The van der Waals surface area contributed by atoms with Crippen molar-refractivity contribution in [3.05, 3.63) is 16.0 Å². The first kappa shape index (κ1) is 16.9. The summed E-state index contributed by atoms with van der Waals surface area (Å²) in [6.45, 7) is 9.82. The fourth-order valence-corrected chi connectivity index (χ4v) is 3.65. The predicted octanol–water partition coefficient (Wildman–Crippen LogP) is 3.44. The van der Waals surface area contributed by atoms with Gasteiger partial charge in [-0.25, -0.2) is 4.79 Å². The number of hydrogen-bond acceptors (Lipinski definition) is 4. The van der Waals surface area contributed by atoms with Crippen molar-refractivity contribution in [1.29, 1.82) is 0 Å². The Morgan fingerprint density at radius 1 is 1.35 bits per heavy atom. The van der Waals surface area contributed by atoms with E-state index in [4.69, 9.17) is 17.0 Å². The maximum Gasteiger partial charge on any atom is 0.341 e. The van der Waals surface area contributed by atoms with Crippen LogP contribution in [0.3, 0.4) is 0 Å². The number of esters is 1. The van der Waals surface area contributed by atoms with Crippen molar-refractivity contribution in [1.82, 2.24) is 4.90 Å². The molecule has 1 N–H and O–H groups in total. The van der Waals surface area contributed by atoms with Gasteiger partial charge in [-0.05, 0) is 45.0 Å². The Hall–Kier alpha value is -1.14. The van der Waals surface area contributed by atoms with Crippen molar-refractivity contribution < 1.29 is 9.53 Å². The smallest absolute Gasteiger partial charge is 0.341 e. The number of thiophene rings is 1. The number of nitrogens with zero attached hydrogens (tertiary/aromatic N) is 1. The van der Waals surface area contributed by atoms with Crippen molar-refractivity contribution in [3.63, 3.8) is 0 Å². The van der Waals surface area contributed by atoms with E-state index in [9.17, 15) is 4.79 Å². The first-order chi connectivity index (χ1) is 9.49. The SMILES string of the molecule is CCc1c(C)sc(NC(=S)N(CC)CC)c1C(=O)OC. The third kappa shape index (κ3) is 3.49. The van der Waals surface area contributed by atoms with Crippen molar-refractivity contribution in [3.8, 4) is 0 Å². The second-order valence-corrected chi connectivity index (χ2v) is 5.90. The first-order valence-electron chi connectivity index (χ1n) is 6.76. The standard InChI is InChI=1S/C14H22N2O2S2/c1-6-10-9(4)20-12(11(10)13(17)18-5)15-14(19)16(7-2)8-3/h6-8H2,1-5H3,(H,15,19). The molecule has 0 saturated heterocycles. The fourth-order valence-electron chi connectivity index (χ4n) is 2.10. The Balaban J connectivity index is 3.12. The van der Waals surface area contributed by atoms with Gasteiger partial charge in [0.05, 0.1) is 12.7 Å². The number of anilines is 1. The van der Waals surface area contributed by atoms with E-state index >= 15 is 0 Å². The minimum absolute atomic E-state index is 0.309. The molecule has 0 spiro atoms. The Bertz CT molecular complexity index is 494. The highest BCUT2D eigenvalue weighted by Gasteiger charge is 2.22. The van der Waals surface area contributed by atoms with Crippen LogP contribution in [0.4, 0.5) is 5.00 Å². The largest absolute Gasteiger partial charge is 0.465 e. The highest BCUT2D eigenvalue weighted by molar-refractivity contribution is 7.80. The van der Waals surface area contributed by atoms with Crippen LogP contribution in [-0.2, 0) is 11.2 Å². The zero-order chi connectivity index (χ0) is 15.3. The Kier molecular flexibility index (Phi) is 6.42. The zero-order valence-corrected chi connectivity index (χ0v) is 14.3. The molecule has 1 rings (SSSR count). The van der Waals surface area contributed by atoms with Gasteiger partial charge in [0.25, 0.3) is 0 Å². The van der Waals surface area contributed by atoms with E-state index in [1.54, 1.807) is 11.3 Å². The number of thiocarbonyl (C=S) groups is 1. The van der Waals surface area contributed by atoms with Crippen LogP contribution >= 0.6 is 23.6 Å². The van der Waals surface area contributed by atoms with Crippen LogP contribution < -0.4 is 5.32 Å². The molecule has 0 unspecified atom stereocenters. The fraction of sp³-hybridized carbons (Fsp3) is 0.571. The van der Waals surface area contributed by atoms with Crippen LogP contribution in [0.1, 0.15) is 41.6 Å². The molecule has 0 fully saturated rings. The lowest BCUT2D eigenvalue weighted by Crippen LogP contribution is -2.34. The van der Waals surface area contributed by atoms with E-state index in [1.165, 1.54) is 7.11 Å². The van der Waals surface area contributed by atoms with Gasteiger partial charge < -0.3 is 15.0 Å². The first-order valence-corrected chi connectivity index (χ1v) is 7.98. The van der Waals surface area contributed by atoms with Crippen molar-refractivity contribution in [2.75, 3.05) is 25.5 Å². The molecule has 112 valence electrons. The molecule has 20 heavy (non-hydrogen) atoms. The van der Waals surface area contributed by atoms with Crippen molar-refractivity contribution >= 4 is 39.6 Å². The van der Waals surface area contributed by atoms with Gasteiger partial charge in [0.1, 0.15) is 5.00 Å². The summed E-state index contributed by atoms with van der Waals surface area (Å²) in [5.41, 5.74) is 1.65. The maximum atomic E-state index is 12.0. The molecule has 0 aliphatic rings. The maximum absolute atomic E-state index is 12.0. The molecule has 0 aliphatic heterocycles. The molecule has 1 aromatic heterocycles. The molecule has 0 bridgehead atoms. The Morgan fingerprint density at radius 3 is 2.40 bits per heavy atom. The topological polar surface area (TPSA) is 41.6 Å². The molecule has 0 aromatic carbocycles. The van der Waals surface area contributed by atoms with Gasteiger partial charge in [-0.2, -0.15) is 0 Å². The van der Waals surface area contributed by atoms with Gasteiger partial charge in [-0.1, -0.05) is 6.92 Å². The summed E-state index contributed by atoms with van der Waals surface area (Å²) in [7, 11) is 1.40. The van der Waals surface area contributed by atoms with E-state index < -0.39 is 0 Å². The lowest BCUT2D eigenvalue weighted by Gasteiger charge is -2.22. The number of aryl methyl sites for hydroxylation is 1. The van der Waals surface area contributed by atoms with Crippen molar-refractivity contribution in [2.24, 2.45) is 0 Å². The summed E-state index contributed by atoms with van der Waals surface area (Å²) in [6, 6.07) is 0. The van der Waals surface area contributed by atoms with Gasteiger partial charge in [-0.3, -0.25) is 0 Å². The molecular weight excluding hydrogens is 292 g/mol. The number of rotatable bonds is 5. The summed E-state index contributed by atoms with van der Waals surface area (Å²) >= 11 is 6.95. The number of carbonyl (C=O) groups is 1. The highest BCUT2D eigenvalue weighted by Crippen LogP contribution is 2.34. The quantitative estimate of drug-likeness (QED) is 0.666. The summed E-state index contributed by atoms with van der Waals surface area (Å²) in [5.74, 6) is -0.309. The molecule has 0 atom stereocenters. The predicted molar refractivity (Wildman–Crippen MR) is 88.9 cm³/mol. The second-order valence-electron chi connectivity index (χ2n) is 4.29. The number of hydrogen-bond donors (Lipinski definition) is 1. The van der Waals surface area contributed by atoms with E-state index in [0.717, 1.165) is 35.0 Å². The summed E-state index contributed by atoms with van der Waals surface area (Å²) in [6.07, 6.45) is 0.798. The van der Waals surface area contributed by atoms with Crippen LogP contribution in [0.5, 0.6) is 0 Å². The van der Waals surface area contributed by atoms with E-state index in [-0.39, 0.29) is 5.97 Å². The molecule has 1 aromatic rings. The lowest BCUT2D eigenvalue weighted by atomic mass is 10.1. The van der Waals surface area contributed by atoms with E-state index in [0.29, 0.717) is 10.7 Å². The van der Waals surface area contributed by atoms with Gasteiger partial charge in [0.15, 0.2) is 5.11 Å². The van der Waals surface area contributed by atoms with Gasteiger partial charge in [0, 0.05) is 18.0 Å². The third-order valence-electron chi connectivity index (χ3n) is 3.22.